The van der Waals surface area contributed by atoms with Gasteiger partial charge in [-0.1, -0.05) is 22.4 Å². The van der Waals surface area contributed by atoms with E-state index < -0.39 is 0 Å². The van der Waals surface area contributed by atoms with E-state index in [4.69, 9.17) is 5.73 Å². The van der Waals surface area contributed by atoms with Gasteiger partial charge < -0.3 is 5.73 Å². The predicted octanol–water partition coefficient (Wildman–Crippen LogP) is 3.84. The van der Waals surface area contributed by atoms with E-state index in [1.165, 1.54) is 6.42 Å². The highest BCUT2D eigenvalue weighted by molar-refractivity contribution is 9.11. The number of hydrogen-bond acceptors (Lipinski definition) is 3. The monoisotopic (exact) mass is 387 g/mol. The van der Waals surface area contributed by atoms with Crippen LogP contribution < -0.4 is 11.2 Å². The Hall–Kier alpha value is -0.880. The summed E-state index contributed by atoms with van der Waals surface area (Å²) in [6.07, 6.45) is 5.49. The molecule has 0 aliphatic heterocycles. The first-order valence-electron chi connectivity index (χ1n) is 6.18. The van der Waals surface area contributed by atoms with Gasteiger partial charge in [-0.25, -0.2) is 5.43 Å². The highest BCUT2D eigenvalue weighted by Crippen LogP contribution is 2.28. The highest BCUT2D eigenvalue weighted by Gasteiger charge is 2.14. The molecule has 2 rings (SSSR count). The molecule has 1 aliphatic carbocycles. The van der Waals surface area contributed by atoms with Gasteiger partial charge in [-0.2, -0.15) is 5.10 Å². The van der Waals surface area contributed by atoms with E-state index in [2.05, 4.69) is 42.4 Å². The van der Waals surface area contributed by atoms with E-state index in [0.717, 1.165) is 35.9 Å². The summed E-state index contributed by atoms with van der Waals surface area (Å²) >= 11 is 6.66. The Morgan fingerprint density at radius 1 is 1.21 bits per heavy atom. The van der Waals surface area contributed by atoms with Crippen LogP contribution in [0.4, 0.5) is 5.69 Å². The molecule has 0 bridgehead atoms. The summed E-state index contributed by atoms with van der Waals surface area (Å²) < 4.78 is 1.49. The molecule has 3 N–H and O–H groups in total. The number of hydrogen-bond donors (Lipinski definition) is 2. The molecule has 0 heterocycles. The molecule has 1 aliphatic rings. The molecule has 0 aromatic heterocycles. The molecule has 1 fully saturated rings. The van der Waals surface area contributed by atoms with Gasteiger partial charge in [0.15, 0.2) is 0 Å². The highest BCUT2D eigenvalue weighted by atomic mass is 79.9. The number of nitrogens with zero attached hydrogens (tertiary/aromatic N) is 1. The van der Waals surface area contributed by atoms with Gasteiger partial charge in [0.2, 0.25) is 0 Å². The third-order valence-electron chi connectivity index (χ3n) is 3.09. The van der Waals surface area contributed by atoms with Crippen molar-refractivity contribution in [2.24, 2.45) is 5.10 Å². The van der Waals surface area contributed by atoms with Crippen LogP contribution in [0.1, 0.15) is 42.5 Å². The number of rotatable bonds is 2. The van der Waals surface area contributed by atoms with Crippen LogP contribution in [0, 0.1) is 0 Å². The number of benzene rings is 1. The number of halogens is 2. The van der Waals surface area contributed by atoms with Gasteiger partial charge in [-0.05, 0) is 53.7 Å². The smallest absolute Gasteiger partial charge is 0.273 e. The lowest BCUT2D eigenvalue weighted by molar-refractivity contribution is 0.0955. The fraction of sp³-hybridized carbons (Fsp3) is 0.385. The average molecular weight is 389 g/mol. The minimum absolute atomic E-state index is 0.280. The molecule has 4 nitrogen and oxygen atoms in total. The zero-order chi connectivity index (χ0) is 13.8. The van der Waals surface area contributed by atoms with Crippen LogP contribution in [-0.4, -0.2) is 11.6 Å². The Balaban J connectivity index is 2.11. The molecule has 6 heteroatoms. The van der Waals surface area contributed by atoms with Gasteiger partial charge in [0, 0.05) is 14.7 Å². The SMILES string of the molecule is Nc1c(Br)cc(Br)cc1C(=O)NN=C1CCCCC1. The van der Waals surface area contributed by atoms with Crippen molar-refractivity contribution in [3.8, 4) is 0 Å². The first kappa shape index (κ1) is 14.5. The summed E-state index contributed by atoms with van der Waals surface area (Å²) in [4.78, 5) is 12.1. The van der Waals surface area contributed by atoms with Crippen molar-refractivity contribution in [2.75, 3.05) is 5.73 Å². The van der Waals surface area contributed by atoms with E-state index in [9.17, 15) is 4.79 Å². The number of carbonyl (C=O) groups excluding carboxylic acids is 1. The summed E-state index contributed by atoms with van der Waals surface area (Å²) in [6.45, 7) is 0. The second kappa shape index (κ2) is 6.52. The standard InChI is InChI=1S/C13H15Br2N3O/c14-8-6-10(12(16)11(15)7-8)13(19)18-17-9-4-2-1-3-5-9/h6-7H,1-5,16H2,(H,18,19). The fourth-order valence-electron chi connectivity index (χ4n) is 2.03. The number of carbonyl (C=O) groups is 1. The van der Waals surface area contributed by atoms with E-state index in [1.54, 1.807) is 12.1 Å². The fourth-order valence-corrected chi connectivity index (χ4v) is 3.26. The predicted molar refractivity (Wildman–Crippen MR) is 84.2 cm³/mol. The van der Waals surface area contributed by atoms with Crippen molar-refractivity contribution in [1.82, 2.24) is 5.43 Å². The Labute approximate surface area is 129 Å². The molecule has 0 saturated heterocycles. The summed E-state index contributed by atoms with van der Waals surface area (Å²) in [5, 5.41) is 4.19. The maximum atomic E-state index is 12.1. The molecular weight excluding hydrogens is 374 g/mol. The lowest BCUT2D eigenvalue weighted by atomic mass is 9.99. The second-order valence-electron chi connectivity index (χ2n) is 4.53. The Kier molecular flexibility index (Phi) is 4.99. The number of nitrogens with one attached hydrogen (secondary N) is 1. The number of anilines is 1. The molecule has 1 amide bonds. The van der Waals surface area contributed by atoms with Crippen molar-refractivity contribution < 1.29 is 4.79 Å². The van der Waals surface area contributed by atoms with Gasteiger partial charge in [0.1, 0.15) is 0 Å². The Morgan fingerprint density at radius 2 is 1.89 bits per heavy atom. The average Bonchev–Trinajstić information content (AvgIpc) is 2.41. The van der Waals surface area contributed by atoms with Crippen LogP contribution in [0.3, 0.4) is 0 Å². The maximum absolute atomic E-state index is 12.1. The molecule has 0 unspecified atom stereocenters. The maximum Gasteiger partial charge on any atom is 0.273 e. The largest absolute Gasteiger partial charge is 0.397 e. The van der Waals surface area contributed by atoms with Crippen molar-refractivity contribution in [2.45, 2.75) is 32.1 Å². The summed E-state index contributed by atoms with van der Waals surface area (Å²) in [5.41, 5.74) is 10.4. The minimum atomic E-state index is -0.280. The van der Waals surface area contributed by atoms with Crippen LogP contribution in [0.25, 0.3) is 0 Å². The molecule has 1 aromatic rings. The second-order valence-corrected chi connectivity index (χ2v) is 6.30. The molecule has 1 saturated carbocycles. The number of nitrogens with two attached hydrogens (primary N) is 1. The quantitative estimate of drug-likeness (QED) is 0.596. The van der Waals surface area contributed by atoms with Gasteiger partial charge in [0.05, 0.1) is 11.3 Å². The third kappa shape index (κ3) is 3.79. The lowest BCUT2D eigenvalue weighted by Crippen LogP contribution is -2.22. The zero-order valence-electron chi connectivity index (χ0n) is 10.4. The zero-order valence-corrected chi connectivity index (χ0v) is 13.6. The van der Waals surface area contributed by atoms with Gasteiger partial charge in [-0.15, -0.1) is 0 Å². The topological polar surface area (TPSA) is 67.5 Å². The van der Waals surface area contributed by atoms with Gasteiger partial charge in [0.25, 0.3) is 5.91 Å². The summed E-state index contributed by atoms with van der Waals surface area (Å²) in [6, 6.07) is 3.50. The Morgan fingerprint density at radius 3 is 2.58 bits per heavy atom. The van der Waals surface area contributed by atoms with E-state index in [-0.39, 0.29) is 5.91 Å². The van der Waals surface area contributed by atoms with E-state index in [0.29, 0.717) is 15.7 Å². The molecule has 102 valence electrons. The summed E-state index contributed by atoms with van der Waals surface area (Å²) in [5.74, 6) is -0.280. The van der Waals surface area contributed by atoms with Crippen molar-refractivity contribution in [3.63, 3.8) is 0 Å². The molecule has 0 atom stereocenters. The van der Waals surface area contributed by atoms with Gasteiger partial charge >= 0.3 is 0 Å². The van der Waals surface area contributed by atoms with E-state index in [1.807, 2.05) is 0 Å². The van der Waals surface area contributed by atoms with Crippen LogP contribution >= 0.6 is 31.9 Å². The van der Waals surface area contributed by atoms with Crippen LogP contribution in [0.15, 0.2) is 26.2 Å². The van der Waals surface area contributed by atoms with Crippen molar-refractivity contribution in [1.29, 1.82) is 0 Å². The lowest BCUT2D eigenvalue weighted by Gasteiger charge is -2.12. The van der Waals surface area contributed by atoms with Crippen LogP contribution in [0.5, 0.6) is 0 Å². The first-order chi connectivity index (χ1) is 9.08. The normalized spacial score (nSPS) is 15.2. The number of hydrazone groups is 1. The van der Waals surface area contributed by atoms with E-state index >= 15 is 0 Å². The van der Waals surface area contributed by atoms with Crippen molar-refractivity contribution in [3.05, 3.63) is 26.6 Å². The number of nitrogen functional groups attached to an aromatic ring is 1. The minimum Gasteiger partial charge on any atom is -0.397 e. The molecule has 0 spiro atoms. The molecule has 19 heavy (non-hydrogen) atoms. The first-order valence-corrected chi connectivity index (χ1v) is 7.77. The molecular formula is C13H15Br2N3O. The van der Waals surface area contributed by atoms with Gasteiger partial charge in [-0.3, -0.25) is 4.79 Å². The van der Waals surface area contributed by atoms with Crippen LogP contribution in [-0.2, 0) is 0 Å². The molecule has 0 radical (unpaired) electrons. The third-order valence-corrected chi connectivity index (χ3v) is 4.20. The Bertz CT molecular complexity index is 521. The van der Waals surface area contributed by atoms with Crippen molar-refractivity contribution >= 4 is 49.2 Å². The summed E-state index contributed by atoms with van der Waals surface area (Å²) in [7, 11) is 0. The number of amides is 1. The molecule has 1 aromatic carbocycles. The van der Waals surface area contributed by atoms with Crippen LogP contribution in [0.2, 0.25) is 0 Å².